The van der Waals surface area contributed by atoms with E-state index in [-0.39, 0.29) is 11.3 Å². The van der Waals surface area contributed by atoms with Gasteiger partial charge in [-0.05, 0) is 25.0 Å². The Kier molecular flexibility index (Phi) is 5.05. The SMILES string of the molecule is O=C(CCn1ncc(=O)c2ccccc21)NC1CCCCCC1. The molecule has 1 aromatic carbocycles. The first-order chi connectivity index (χ1) is 11.2. The highest BCUT2D eigenvalue weighted by molar-refractivity contribution is 5.79. The zero-order chi connectivity index (χ0) is 16.1. The molecule has 1 aromatic heterocycles. The van der Waals surface area contributed by atoms with Crippen LogP contribution in [0.5, 0.6) is 0 Å². The highest BCUT2D eigenvalue weighted by Crippen LogP contribution is 2.17. The van der Waals surface area contributed by atoms with E-state index in [0.29, 0.717) is 24.4 Å². The van der Waals surface area contributed by atoms with Crippen molar-refractivity contribution < 1.29 is 4.79 Å². The van der Waals surface area contributed by atoms with Gasteiger partial charge in [-0.2, -0.15) is 5.10 Å². The third kappa shape index (κ3) is 3.97. The Labute approximate surface area is 135 Å². The van der Waals surface area contributed by atoms with Crippen LogP contribution in [0.4, 0.5) is 0 Å². The van der Waals surface area contributed by atoms with Crippen molar-refractivity contribution in [1.82, 2.24) is 15.1 Å². The number of hydrogen-bond donors (Lipinski definition) is 1. The number of aromatic nitrogens is 2. The van der Waals surface area contributed by atoms with Crippen LogP contribution in [0.1, 0.15) is 44.9 Å². The molecular formula is C18H23N3O2. The zero-order valence-corrected chi connectivity index (χ0v) is 13.3. The predicted octanol–water partition coefficient (Wildman–Crippen LogP) is 2.63. The Bertz CT molecular complexity index is 730. The summed E-state index contributed by atoms with van der Waals surface area (Å²) >= 11 is 0. The van der Waals surface area contributed by atoms with Crippen molar-refractivity contribution in [2.45, 2.75) is 57.5 Å². The first-order valence-electron chi connectivity index (χ1n) is 8.48. The van der Waals surface area contributed by atoms with Gasteiger partial charge in [-0.1, -0.05) is 37.8 Å². The second-order valence-corrected chi connectivity index (χ2v) is 6.26. The van der Waals surface area contributed by atoms with Gasteiger partial charge >= 0.3 is 0 Å². The Morgan fingerprint density at radius 3 is 2.70 bits per heavy atom. The maximum Gasteiger partial charge on any atom is 0.222 e. The van der Waals surface area contributed by atoms with Gasteiger partial charge in [-0.15, -0.1) is 0 Å². The van der Waals surface area contributed by atoms with Gasteiger partial charge in [0.25, 0.3) is 0 Å². The van der Waals surface area contributed by atoms with E-state index in [1.54, 1.807) is 10.7 Å². The molecule has 1 fully saturated rings. The largest absolute Gasteiger partial charge is 0.353 e. The maximum atomic E-state index is 12.2. The maximum absolute atomic E-state index is 12.2. The lowest BCUT2D eigenvalue weighted by molar-refractivity contribution is -0.122. The van der Waals surface area contributed by atoms with E-state index in [4.69, 9.17) is 0 Å². The van der Waals surface area contributed by atoms with E-state index in [1.807, 2.05) is 18.2 Å². The monoisotopic (exact) mass is 313 g/mol. The number of benzene rings is 1. The molecule has 3 rings (SSSR count). The number of fused-ring (bicyclic) bond motifs is 1. The first-order valence-corrected chi connectivity index (χ1v) is 8.48. The molecule has 0 spiro atoms. The van der Waals surface area contributed by atoms with Crippen molar-refractivity contribution in [3.63, 3.8) is 0 Å². The van der Waals surface area contributed by atoms with Gasteiger partial charge in [0.2, 0.25) is 11.3 Å². The topological polar surface area (TPSA) is 64.0 Å². The lowest BCUT2D eigenvalue weighted by Crippen LogP contribution is -2.35. The number of carbonyl (C=O) groups excluding carboxylic acids is 1. The van der Waals surface area contributed by atoms with Crippen LogP contribution in [0.25, 0.3) is 10.9 Å². The number of nitrogens with zero attached hydrogens (tertiary/aromatic N) is 2. The van der Waals surface area contributed by atoms with Crippen molar-refractivity contribution in [2.75, 3.05) is 0 Å². The van der Waals surface area contributed by atoms with Crippen LogP contribution in [0, 0.1) is 0 Å². The molecule has 5 nitrogen and oxygen atoms in total. The van der Waals surface area contributed by atoms with Gasteiger partial charge in [0.15, 0.2) is 0 Å². The fourth-order valence-electron chi connectivity index (χ4n) is 3.27. The van der Waals surface area contributed by atoms with Crippen LogP contribution in [0.15, 0.2) is 35.3 Å². The third-order valence-corrected chi connectivity index (χ3v) is 4.53. The Morgan fingerprint density at radius 2 is 1.91 bits per heavy atom. The zero-order valence-electron chi connectivity index (χ0n) is 13.3. The van der Waals surface area contributed by atoms with Crippen molar-refractivity contribution in [3.05, 3.63) is 40.7 Å². The van der Waals surface area contributed by atoms with Gasteiger partial charge in [0, 0.05) is 17.8 Å². The number of aryl methyl sites for hydroxylation is 1. The lowest BCUT2D eigenvalue weighted by atomic mass is 10.1. The standard InChI is InChI=1S/C18H23N3O2/c22-17-13-19-21(16-10-6-5-9-15(16)17)12-11-18(23)20-14-7-3-1-2-4-8-14/h5-6,9-10,13-14H,1-4,7-8,11-12H2,(H,20,23). The molecule has 5 heteroatoms. The van der Waals surface area contributed by atoms with Crippen LogP contribution >= 0.6 is 0 Å². The molecule has 2 aromatic rings. The number of nitrogens with one attached hydrogen (secondary N) is 1. The van der Waals surface area contributed by atoms with E-state index in [2.05, 4.69) is 10.4 Å². The van der Waals surface area contributed by atoms with Crippen LogP contribution in [0.3, 0.4) is 0 Å². The number of hydrogen-bond acceptors (Lipinski definition) is 3. The van der Waals surface area contributed by atoms with Crippen molar-refractivity contribution in [3.8, 4) is 0 Å². The summed E-state index contributed by atoms with van der Waals surface area (Å²) < 4.78 is 1.74. The summed E-state index contributed by atoms with van der Waals surface area (Å²) in [6, 6.07) is 7.70. The number of amides is 1. The van der Waals surface area contributed by atoms with Crippen molar-refractivity contribution in [1.29, 1.82) is 0 Å². The third-order valence-electron chi connectivity index (χ3n) is 4.53. The molecule has 0 saturated heterocycles. The highest BCUT2D eigenvalue weighted by Gasteiger charge is 2.14. The molecule has 0 bridgehead atoms. The summed E-state index contributed by atoms with van der Waals surface area (Å²) in [7, 11) is 0. The summed E-state index contributed by atoms with van der Waals surface area (Å²) in [6.45, 7) is 0.485. The summed E-state index contributed by atoms with van der Waals surface area (Å²) in [5.41, 5.74) is 0.696. The van der Waals surface area contributed by atoms with E-state index in [1.165, 1.54) is 31.9 Å². The van der Waals surface area contributed by atoms with Crippen molar-refractivity contribution >= 4 is 16.8 Å². The van der Waals surface area contributed by atoms with Crippen LogP contribution < -0.4 is 10.7 Å². The molecular weight excluding hydrogens is 290 g/mol. The molecule has 0 atom stereocenters. The molecule has 0 unspecified atom stereocenters. The van der Waals surface area contributed by atoms with Crippen LogP contribution in [-0.4, -0.2) is 21.7 Å². The molecule has 1 heterocycles. The Hall–Kier alpha value is -2.17. The summed E-state index contributed by atoms with van der Waals surface area (Å²) in [4.78, 5) is 24.0. The molecule has 1 aliphatic rings. The average Bonchev–Trinajstić information content (AvgIpc) is 2.83. The van der Waals surface area contributed by atoms with E-state index >= 15 is 0 Å². The van der Waals surface area contributed by atoms with Gasteiger partial charge in [-0.3, -0.25) is 14.3 Å². The minimum absolute atomic E-state index is 0.0708. The summed E-state index contributed by atoms with van der Waals surface area (Å²) in [6.07, 6.45) is 8.85. The average molecular weight is 313 g/mol. The molecule has 122 valence electrons. The Balaban J connectivity index is 1.63. The van der Waals surface area contributed by atoms with E-state index < -0.39 is 0 Å². The molecule has 1 saturated carbocycles. The quantitative estimate of drug-likeness (QED) is 0.883. The normalized spacial score (nSPS) is 16.2. The van der Waals surface area contributed by atoms with Gasteiger partial charge < -0.3 is 5.32 Å². The minimum atomic E-state index is -0.0836. The van der Waals surface area contributed by atoms with Gasteiger partial charge in [0.05, 0.1) is 18.3 Å². The molecule has 1 N–H and O–H groups in total. The van der Waals surface area contributed by atoms with Crippen LogP contribution in [0.2, 0.25) is 0 Å². The highest BCUT2D eigenvalue weighted by atomic mass is 16.1. The number of rotatable bonds is 4. The summed E-state index contributed by atoms with van der Waals surface area (Å²) in [5.74, 6) is 0.0708. The Morgan fingerprint density at radius 1 is 1.17 bits per heavy atom. The van der Waals surface area contributed by atoms with E-state index in [9.17, 15) is 9.59 Å². The molecule has 0 radical (unpaired) electrons. The molecule has 1 aliphatic carbocycles. The van der Waals surface area contributed by atoms with Gasteiger partial charge in [-0.25, -0.2) is 0 Å². The fraction of sp³-hybridized carbons (Fsp3) is 0.500. The molecule has 23 heavy (non-hydrogen) atoms. The lowest BCUT2D eigenvalue weighted by Gasteiger charge is -2.16. The minimum Gasteiger partial charge on any atom is -0.353 e. The summed E-state index contributed by atoms with van der Waals surface area (Å²) in [5, 5.41) is 7.96. The predicted molar refractivity (Wildman–Crippen MR) is 90.3 cm³/mol. The molecule has 0 aliphatic heterocycles. The molecule has 1 amide bonds. The van der Waals surface area contributed by atoms with Crippen LogP contribution in [-0.2, 0) is 11.3 Å². The van der Waals surface area contributed by atoms with Crippen molar-refractivity contribution in [2.24, 2.45) is 0 Å². The first kappa shape index (κ1) is 15.7. The van der Waals surface area contributed by atoms with Gasteiger partial charge in [0.1, 0.15) is 0 Å². The second kappa shape index (κ2) is 7.40. The number of para-hydroxylation sites is 1. The smallest absolute Gasteiger partial charge is 0.222 e. The van der Waals surface area contributed by atoms with E-state index in [0.717, 1.165) is 18.4 Å². The number of carbonyl (C=O) groups is 1. The second-order valence-electron chi connectivity index (χ2n) is 6.26. The fourth-order valence-corrected chi connectivity index (χ4v) is 3.27.